The molecular weight excluding hydrogens is 146 g/mol. The molecule has 1 aromatic carbocycles. The molecule has 0 atom stereocenters. The van der Waals surface area contributed by atoms with Gasteiger partial charge in [0.1, 0.15) is 0 Å². The molecule has 0 fully saturated rings. The first-order valence-corrected chi connectivity index (χ1v) is 4.25. The van der Waals surface area contributed by atoms with E-state index in [2.05, 4.69) is 37.0 Å². The van der Waals surface area contributed by atoms with Crippen molar-refractivity contribution in [1.29, 1.82) is 0 Å². The van der Waals surface area contributed by atoms with Crippen LogP contribution in [0.3, 0.4) is 0 Å². The van der Waals surface area contributed by atoms with E-state index in [-0.39, 0.29) is 0 Å². The van der Waals surface area contributed by atoms with Gasteiger partial charge in [-0.2, -0.15) is 0 Å². The van der Waals surface area contributed by atoms with E-state index in [0.29, 0.717) is 0 Å². The van der Waals surface area contributed by atoms with Gasteiger partial charge < -0.3 is 0 Å². The smallest absolute Gasteiger partial charge is 0.0640 e. The van der Waals surface area contributed by atoms with Gasteiger partial charge >= 0.3 is 0 Å². The summed E-state index contributed by atoms with van der Waals surface area (Å²) in [5.74, 6) is 0. The summed E-state index contributed by atoms with van der Waals surface area (Å²) in [7, 11) is 0. The van der Waals surface area contributed by atoms with E-state index in [1.807, 2.05) is 13.1 Å². The van der Waals surface area contributed by atoms with Crippen LogP contribution in [0.15, 0.2) is 23.2 Å². The Morgan fingerprint density at radius 1 is 1.25 bits per heavy atom. The van der Waals surface area contributed by atoms with Gasteiger partial charge in [0.25, 0.3) is 0 Å². The highest BCUT2D eigenvalue weighted by Crippen LogP contribution is 2.13. The lowest BCUT2D eigenvalue weighted by Gasteiger charge is -2.05. The Balaban J connectivity index is 2.96. The van der Waals surface area contributed by atoms with E-state index in [1.54, 1.807) is 0 Å². The lowest BCUT2D eigenvalue weighted by atomic mass is 10.0. The number of nitrogens with zero attached hydrogens (tertiary/aromatic N) is 1. The Hall–Kier alpha value is -1.11. The van der Waals surface area contributed by atoms with Crippen LogP contribution in [0.2, 0.25) is 0 Å². The van der Waals surface area contributed by atoms with Crippen molar-refractivity contribution in [3.05, 3.63) is 34.9 Å². The molecule has 0 aliphatic heterocycles. The second-order valence-corrected chi connectivity index (χ2v) is 2.97. The highest BCUT2D eigenvalue weighted by molar-refractivity contribution is 5.53. The lowest BCUT2D eigenvalue weighted by Crippen LogP contribution is -1.91. The minimum atomic E-state index is 0.814. The molecule has 0 bridgehead atoms. The molecule has 0 N–H and O–H groups in total. The number of hydrogen-bond donors (Lipinski definition) is 0. The van der Waals surface area contributed by atoms with Gasteiger partial charge in [0.2, 0.25) is 0 Å². The van der Waals surface area contributed by atoms with Crippen LogP contribution in [0.4, 0.5) is 0 Å². The molecule has 0 saturated carbocycles. The van der Waals surface area contributed by atoms with Crippen molar-refractivity contribution in [2.24, 2.45) is 4.99 Å². The Labute approximate surface area is 74.2 Å². The second-order valence-electron chi connectivity index (χ2n) is 2.97. The summed E-state index contributed by atoms with van der Waals surface area (Å²) in [5.41, 5.74) is 4.02. The van der Waals surface area contributed by atoms with Crippen molar-refractivity contribution in [3.8, 4) is 0 Å². The maximum Gasteiger partial charge on any atom is 0.0640 e. The van der Waals surface area contributed by atoms with Gasteiger partial charge in [0.15, 0.2) is 0 Å². The third-order valence-corrected chi connectivity index (χ3v) is 2.08. The molecule has 0 aliphatic rings. The summed E-state index contributed by atoms with van der Waals surface area (Å²) in [6.45, 7) is 7.03. The first-order valence-electron chi connectivity index (χ1n) is 4.25. The number of rotatable bonds is 2. The van der Waals surface area contributed by atoms with Crippen LogP contribution in [-0.4, -0.2) is 6.21 Å². The maximum atomic E-state index is 4.24. The Morgan fingerprint density at radius 2 is 1.83 bits per heavy atom. The summed E-state index contributed by atoms with van der Waals surface area (Å²) in [5, 5.41) is 0. The van der Waals surface area contributed by atoms with Crippen LogP contribution in [0.5, 0.6) is 0 Å². The third-order valence-electron chi connectivity index (χ3n) is 2.08. The zero-order valence-electron chi connectivity index (χ0n) is 7.96. The minimum Gasteiger partial charge on any atom is -0.293 e. The quantitative estimate of drug-likeness (QED) is 0.591. The third kappa shape index (κ3) is 1.94. The SMILES string of the molecule is CC=NCc1c(C)cccc1C. The van der Waals surface area contributed by atoms with Crippen molar-refractivity contribution in [1.82, 2.24) is 0 Å². The summed E-state index contributed by atoms with van der Waals surface area (Å²) in [6.07, 6.45) is 1.85. The second kappa shape index (κ2) is 4.05. The predicted octanol–water partition coefficient (Wildman–Crippen LogP) is 2.89. The normalized spacial score (nSPS) is 10.9. The lowest BCUT2D eigenvalue weighted by molar-refractivity contribution is 1.03. The first-order chi connectivity index (χ1) is 5.75. The van der Waals surface area contributed by atoms with E-state index in [4.69, 9.17) is 0 Å². The Bertz CT molecular complexity index is 267. The molecule has 0 radical (unpaired) electrons. The van der Waals surface area contributed by atoms with Crippen molar-refractivity contribution < 1.29 is 0 Å². The zero-order chi connectivity index (χ0) is 8.97. The molecule has 64 valence electrons. The van der Waals surface area contributed by atoms with Crippen LogP contribution in [-0.2, 0) is 6.54 Å². The molecule has 0 aliphatic carbocycles. The zero-order valence-corrected chi connectivity index (χ0v) is 7.96. The molecule has 0 amide bonds. The highest BCUT2D eigenvalue weighted by Gasteiger charge is 1.98. The molecule has 12 heavy (non-hydrogen) atoms. The van der Waals surface area contributed by atoms with Gasteiger partial charge in [-0.15, -0.1) is 0 Å². The van der Waals surface area contributed by atoms with Gasteiger partial charge in [-0.25, -0.2) is 0 Å². The van der Waals surface area contributed by atoms with Crippen LogP contribution >= 0.6 is 0 Å². The summed E-state index contributed by atoms with van der Waals surface area (Å²) in [6, 6.07) is 6.35. The number of hydrogen-bond acceptors (Lipinski definition) is 1. The standard InChI is InChI=1S/C11H15N/c1-4-12-8-11-9(2)6-5-7-10(11)3/h4-7H,8H2,1-3H3. The van der Waals surface area contributed by atoms with Crippen LogP contribution in [0.1, 0.15) is 23.6 Å². The van der Waals surface area contributed by atoms with Gasteiger partial charge in [-0.05, 0) is 43.7 Å². The molecular formula is C11H15N. The molecule has 1 aromatic rings. The molecule has 0 aromatic heterocycles. The first kappa shape index (κ1) is 8.98. The van der Waals surface area contributed by atoms with E-state index in [1.165, 1.54) is 16.7 Å². The summed E-state index contributed by atoms with van der Waals surface area (Å²) < 4.78 is 0. The van der Waals surface area contributed by atoms with Gasteiger partial charge in [-0.3, -0.25) is 4.99 Å². The van der Waals surface area contributed by atoms with E-state index < -0.39 is 0 Å². The number of aryl methyl sites for hydroxylation is 2. The van der Waals surface area contributed by atoms with Crippen molar-refractivity contribution >= 4 is 6.21 Å². The van der Waals surface area contributed by atoms with Crippen LogP contribution in [0.25, 0.3) is 0 Å². The molecule has 0 unspecified atom stereocenters. The molecule has 1 rings (SSSR count). The monoisotopic (exact) mass is 161 g/mol. The van der Waals surface area contributed by atoms with Gasteiger partial charge in [0.05, 0.1) is 6.54 Å². The number of aliphatic imine (C=N–C) groups is 1. The molecule has 1 nitrogen and oxygen atoms in total. The van der Waals surface area contributed by atoms with Crippen molar-refractivity contribution in [2.45, 2.75) is 27.3 Å². The average molecular weight is 161 g/mol. The van der Waals surface area contributed by atoms with Crippen molar-refractivity contribution in [2.75, 3.05) is 0 Å². The Kier molecular flexibility index (Phi) is 3.03. The van der Waals surface area contributed by atoms with Gasteiger partial charge in [-0.1, -0.05) is 18.2 Å². The fourth-order valence-electron chi connectivity index (χ4n) is 1.28. The molecule has 0 heterocycles. The van der Waals surface area contributed by atoms with Crippen LogP contribution < -0.4 is 0 Å². The van der Waals surface area contributed by atoms with E-state index in [9.17, 15) is 0 Å². The predicted molar refractivity (Wildman–Crippen MR) is 53.8 cm³/mol. The summed E-state index contributed by atoms with van der Waals surface area (Å²) in [4.78, 5) is 4.24. The van der Waals surface area contributed by atoms with E-state index >= 15 is 0 Å². The maximum absolute atomic E-state index is 4.24. The highest BCUT2D eigenvalue weighted by atomic mass is 14.7. The largest absolute Gasteiger partial charge is 0.293 e. The van der Waals surface area contributed by atoms with E-state index in [0.717, 1.165) is 6.54 Å². The molecule has 0 saturated heterocycles. The fourth-order valence-corrected chi connectivity index (χ4v) is 1.28. The van der Waals surface area contributed by atoms with Crippen LogP contribution in [0, 0.1) is 13.8 Å². The summed E-state index contributed by atoms with van der Waals surface area (Å²) >= 11 is 0. The molecule has 0 spiro atoms. The fraction of sp³-hybridized carbons (Fsp3) is 0.364. The topological polar surface area (TPSA) is 12.4 Å². The minimum absolute atomic E-state index is 0.814. The molecule has 1 heteroatoms. The van der Waals surface area contributed by atoms with Gasteiger partial charge in [0, 0.05) is 0 Å². The number of benzene rings is 1. The van der Waals surface area contributed by atoms with Crippen molar-refractivity contribution in [3.63, 3.8) is 0 Å². The average Bonchev–Trinajstić information content (AvgIpc) is 2.04. The Morgan fingerprint density at radius 3 is 2.33 bits per heavy atom.